The summed E-state index contributed by atoms with van der Waals surface area (Å²) in [6.45, 7) is 3.39. The van der Waals surface area contributed by atoms with Gasteiger partial charge in [0.05, 0.1) is 18.2 Å². The maximum absolute atomic E-state index is 13.1. The number of ether oxygens (including phenoxy) is 1. The van der Waals surface area contributed by atoms with E-state index in [2.05, 4.69) is 11.1 Å². The van der Waals surface area contributed by atoms with Gasteiger partial charge >= 0.3 is 0 Å². The second-order valence-corrected chi connectivity index (χ2v) is 8.96. The lowest BCUT2D eigenvalue weighted by molar-refractivity contribution is -0.140. The van der Waals surface area contributed by atoms with E-state index in [-0.39, 0.29) is 11.3 Å². The minimum Gasteiger partial charge on any atom is -0.507 e. The molecule has 1 fully saturated rings. The molecule has 1 saturated heterocycles. The smallest absolute Gasteiger partial charge is 0.295 e. The molecule has 1 aliphatic heterocycles. The van der Waals surface area contributed by atoms with Gasteiger partial charge in [0.1, 0.15) is 29.9 Å². The number of rotatable bonds is 9. The maximum Gasteiger partial charge on any atom is 0.295 e. The standard InChI is InChI=1S/C29H27N3O5/c1-20-5-2-6-21(17-20)18-37-23-10-8-22(9-11-23)27(33)25-26(24-7-3-16-36-24)32(29(35)28(25)34)14-4-13-31-15-12-30-19-31/h2-3,5-12,15-17,19,26,33H,4,13-14,18H2,1H3/b27-25+. The third-order valence-corrected chi connectivity index (χ3v) is 6.34. The first-order valence-corrected chi connectivity index (χ1v) is 12.1. The highest BCUT2D eigenvalue weighted by Crippen LogP contribution is 2.39. The third-order valence-electron chi connectivity index (χ3n) is 6.34. The lowest BCUT2D eigenvalue weighted by Crippen LogP contribution is -2.31. The summed E-state index contributed by atoms with van der Waals surface area (Å²) in [6, 6.07) is 17.5. The Labute approximate surface area is 214 Å². The molecular formula is C29H27N3O5. The zero-order valence-electron chi connectivity index (χ0n) is 20.4. The molecule has 3 heterocycles. The Bertz CT molecular complexity index is 1410. The van der Waals surface area contributed by atoms with Gasteiger partial charge < -0.3 is 23.7 Å². The van der Waals surface area contributed by atoms with Crippen molar-refractivity contribution >= 4 is 17.4 Å². The highest BCUT2D eigenvalue weighted by atomic mass is 16.5. The summed E-state index contributed by atoms with van der Waals surface area (Å²) in [5.41, 5.74) is 2.64. The maximum atomic E-state index is 13.1. The number of furan rings is 1. The van der Waals surface area contributed by atoms with E-state index in [0.717, 1.165) is 11.1 Å². The predicted octanol–water partition coefficient (Wildman–Crippen LogP) is 4.88. The lowest BCUT2D eigenvalue weighted by atomic mass is 9.99. The van der Waals surface area contributed by atoms with Crippen molar-refractivity contribution < 1.29 is 23.8 Å². The Hall–Kier alpha value is -4.59. The van der Waals surface area contributed by atoms with Gasteiger partial charge in [0.2, 0.25) is 0 Å². The van der Waals surface area contributed by atoms with Crippen molar-refractivity contribution in [1.82, 2.24) is 14.5 Å². The Morgan fingerprint density at radius 3 is 2.62 bits per heavy atom. The van der Waals surface area contributed by atoms with Gasteiger partial charge in [0, 0.05) is 31.0 Å². The molecule has 4 aromatic rings. The number of amides is 1. The molecule has 1 aliphatic rings. The van der Waals surface area contributed by atoms with Crippen LogP contribution in [0.15, 0.2) is 95.6 Å². The Kier molecular flexibility index (Phi) is 6.89. The fraction of sp³-hybridized carbons (Fsp3) is 0.207. The van der Waals surface area contributed by atoms with Crippen LogP contribution in [0.5, 0.6) is 5.75 Å². The fourth-order valence-electron chi connectivity index (χ4n) is 4.53. The van der Waals surface area contributed by atoms with E-state index >= 15 is 0 Å². The minimum absolute atomic E-state index is 0.0102. The first-order chi connectivity index (χ1) is 18.0. The summed E-state index contributed by atoms with van der Waals surface area (Å²) in [6.07, 6.45) is 7.32. The fourth-order valence-corrected chi connectivity index (χ4v) is 4.53. The van der Waals surface area contributed by atoms with Crippen molar-refractivity contribution in [3.05, 3.63) is 114 Å². The zero-order valence-corrected chi connectivity index (χ0v) is 20.4. The number of hydrogen-bond donors (Lipinski definition) is 1. The highest BCUT2D eigenvalue weighted by molar-refractivity contribution is 6.46. The number of benzene rings is 2. The average Bonchev–Trinajstić information content (AvgIpc) is 3.67. The summed E-state index contributed by atoms with van der Waals surface area (Å²) >= 11 is 0. The topological polar surface area (TPSA) is 97.8 Å². The van der Waals surface area contributed by atoms with Crippen LogP contribution >= 0.6 is 0 Å². The van der Waals surface area contributed by atoms with Gasteiger partial charge in [0.15, 0.2) is 0 Å². The molecule has 37 heavy (non-hydrogen) atoms. The second kappa shape index (κ2) is 10.6. The van der Waals surface area contributed by atoms with Crippen LogP contribution in [-0.2, 0) is 22.7 Å². The molecule has 8 nitrogen and oxygen atoms in total. The molecular weight excluding hydrogens is 470 g/mol. The van der Waals surface area contributed by atoms with Gasteiger partial charge in [-0.1, -0.05) is 29.8 Å². The molecule has 188 valence electrons. The van der Waals surface area contributed by atoms with Crippen LogP contribution < -0.4 is 4.74 Å². The van der Waals surface area contributed by atoms with E-state index in [1.807, 2.05) is 35.9 Å². The molecule has 0 saturated carbocycles. The van der Waals surface area contributed by atoms with Crippen molar-refractivity contribution in [3.8, 4) is 5.75 Å². The number of Topliss-reactive ketones (excluding diaryl/α,β-unsaturated/α-hetero) is 1. The monoisotopic (exact) mass is 497 g/mol. The molecule has 2 aromatic heterocycles. The number of aliphatic hydroxyl groups excluding tert-OH is 1. The molecule has 0 bridgehead atoms. The van der Waals surface area contributed by atoms with Crippen LogP contribution in [0, 0.1) is 6.92 Å². The van der Waals surface area contributed by atoms with Crippen molar-refractivity contribution in [2.45, 2.75) is 32.5 Å². The number of carbonyl (C=O) groups is 2. The average molecular weight is 498 g/mol. The molecule has 5 rings (SSSR count). The van der Waals surface area contributed by atoms with Crippen molar-refractivity contribution in [3.63, 3.8) is 0 Å². The van der Waals surface area contributed by atoms with E-state index in [4.69, 9.17) is 9.15 Å². The number of carbonyl (C=O) groups excluding carboxylic acids is 2. The van der Waals surface area contributed by atoms with Crippen molar-refractivity contribution in [2.75, 3.05) is 6.54 Å². The van der Waals surface area contributed by atoms with E-state index < -0.39 is 17.7 Å². The number of hydrogen-bond acceptors (Lipinski definition) is 6. The normalized spacial score (nSPS) is 16.9. The first-order valence-electron chi connectivity index (χ1n) is 12.1. The highest BCUT2D eigenvalue weighted by Gasteiger charge is 2.47. The van der Waals surface area contributed by atoms with Crippen LogP contribution in [0.1, 0.15) is 34.9 Å². The Morgan fingerprint density at radius 1 is 1.08 bits per heavy atom. The molecule has 2 aromatic carbocycles. The Balaban J connectivity index is 1.37. The number of aromatic nitrogens is 2. The molecule has 1 N–H and O–H groups in total. The zero-order chi connectivity index (χ0) is 25.8. The van der Waals surface area contributed by atoms with Crippen LogP contribution in [0.4, 0.5) is 0 Å². The van der Waals surface area contributed by atoms with Crippen LogP contribution in [0.25, 0.3) is 5.76 Å². The number of aliphatic hydroxyl groups is 1. The molecule has 1 atom stereocenters. The number of nitrogens with zero attached hydrogens (tertiary/aromatic N) is 3. The quantitative estimate of drug-likeness (QED) is 0.201. The summed E-state index contributed by atoms with van der Waals surface area (Å²) in [5.74, 6) is -0.600. The van der Waals surface area contributed by atoms with Gasteiger partial charge in [-0.3, -0.25) is 9.59 Å². The number of imidazole rings is 1. The molecule has 1 unspecified atom stereocenters. The summed E-state index contributed by atoms with van der Waals surface area (Å²) in [7, 11) is 0. The number of ketones is 1. The molecule has 8 heteroatoms. The number of likely N-dealkylation sites (tertiary alicyclic amines) is 1. The molecule has 0 spiro atoms. The van der Waals surface area contributed by atoms with E-state index in [1.54, 1.807) is 48.9 Å². The molecule has 1 amide bonds. The van der Waals surface area contributed by atoms with Crippen LogP contribution in [0.2, 0.25) is 0 Å². The third kappa shape index (κ3) is 5.18. The Morgan fingerprint density at radius 2 is 1.92 bits per heavy atom. The van der Waals surface area contributed by atoms with Gasteiger partial charge in [-0.05, 0) is 55.3 Å². The molecule has 0 radical (unpaired) electrons. The second-order valence-electron chi connectivity index (χ2n) is 8.96. The largest absolute Gasteiger partial charge is 0.507 e. The van der Waals surface area contributed by atoms with Crippen LogP contribution in [-0.4, -0.2) is 37.8 Å². The van der Waals surface area contributed by atoms with Gasteiger partial charge in [-0.25, -0.2) is 4.98 Å². The van der Waals surface area contributed by atoms with E-state index in [0.29, 0.717) is 43.2 Å². The summed E-state index contributed by atoms with van der Waals surface area (Å²) < 4.78 is 13.4. The van der Waals surface area contributed by atoms with E-state index in [1.165, 1.54) is 11.2 Å². The van der Waals surface area contributed by atoms with Gasteiger partial charge in [-0.15, -0.1) is 0 Å². The molecule has 0 aliphatic carbocycles. The summed E-state index contributed by atoms with van der Waals surface area (Å²) in [4.78, 5) is 31.6. The number of aryl methyl sites for hydroxylation is 2. The van der Waals surface area contributed by atoms with Gasteiger partial charge in [0.25, 0.3) is 11.7 Å². The van der Waals surface area contributed by atoms with Crippen molar-refractivity contribution in [2.24, 2.45) is 0 Å². The minimum atomic E-state index is -0.810. The first kappa shape index (κ1) is 24.1. The van der Waals surface area contributed by atoms with Crippen molar-refractivity contribution in [1.29, 1.82) is 0 Å². The predicted molar refractivity (Wildman–Crippen MR) is 137 cm³/mol. The SMILES string of the molecule is Cc1cccc(COc2ccc(/C(O)=C3\C(=O)C(=O)N(CCCn4ccnc4)C3c3ccco3)cc2)c1. The van der Waals surface area contributed by atoms with Crippen LogP contribution in [0.3, 0.4) is 0 Å². The summed E-state index contributed by atoms with van der Waals surface area (Å²) in [5, 5.41) is 11.2. The van der Waals surface area contributed by atoms with Gasteiger partial charge in [-0.2, -0.15) is 0 Å². The lowest BCUT2D eigenvalue weighted by Gasteiger charge is -2.23. The van der Waals surface area contributed by atoms with E-state index in [9.17, 15) is 14.7 Å².